The van der Waals surface area contributed by atoms with E-state index in [1.165, 1.54) is 10.4 Å². The average Bonchev–Trinajstić information content (AvgIpc) is 3.17. The monoisotopic (exact) mass is 430 g/mol. The van der Waals surface area contributed by atoms with Crippen LogP contribution in [0, 0.1) is 0 Å². The number of nitrogens with zero attached hydrogens (tertiary/aromatic N) is 1. The van der Waals surface area contributed by atoms with Gasteiger partial charge in [0, 0.05) is 0 Å². The maximum absolute atomic E-state index is 11.6. The van der Waals surface area contributed by atoms with E-state index in [9.17, 15) is 9.90 Å². The van der Waals surface area contributed by atoms with Crippen LogP contribution in [0.2, 0.25) is 5.04 Å². The molecular weight excluding hydrogens is 404 g/mol. The Balaban J connectivity index is 1.80. The van der Waals surface area contributed by atoms with Gasteiger partial charge in [-0.15, -0.1) is 0 Å². The van der Waals surface area contributed by atoms with E-state index in [1.54, 1.807) is 12.1 Å². The van der Waals surface area contributed by atoms with E-state index in [0.29, 0.717) is 16.9 Å². The summed E-state index contributed by atoms with van der Waals surface area (Å²) < 4.78 is 6.88. The molecule has 31 heavy (non-hydrogen) atoms. The second-order valence-corrected chi connectivity index (χ2v) is 12.9. The van der Waals surface area contributed by atoms with Gasteiger partial charge in [-0.25, -0.2) is 9.78 Å². The zero-order chi connectivity index (χ0) is 22.1. The molecule has 0 fully saturated rings. The molecule has 0 aliphatic rings. The lowest BCUT2D eigenvalue weighted by Crippen LogP contribution is -2.66. The first kappa shape index (κ1) is 21.0. The number of benzene rings is 3. The van der Waals surface area contributed by atoms with Crippen LogP contribution in [0.15, 0.2) is 78.9 Å². The Bertz CT molecular complexity index is 1160. The Morgan fingerprint density at radius 2 is 1.52 bits per heavy atom. The molecule has 5 nitrogen and oxygen atoms in total. The highest BCUT2D eigenvalue weighted by Gasteiger charge is 2.50. The van der Waals surface area contributed by atoms with Gasteiger partial charge in [-0.1, -0.05) is 87.5 Å². The molecule has 0 unspecified atom stereocenters. The van der Waals surface area contributed by atoms with Gasteiger partial charge in [0.2, 0.25) is 0 Å². The molecule has 1 heterocycles. The molecule has 3 aromatic carbocycles. The molecule has 1 aromatic heterocycles. The van der Waals surface area contributed by atoms with E-state index in [0.717, 1.165) is 0 Å². The molecule has 4 rings (SSSR count). The molecule has 2 N–H and O–H groups in total. The van der Waals surface area contributed by atoms with Crippen LogP contribution >= 0.6 is 0 Å². The zero-order valence-corrected chi connectivity index (χ0v) is 18.9. The topological polar surface area (TPSA) is 75.2 Å². The summed E-state index contributed by atoms with van der Waals surface area (Å²) in [6, 6.07) is 25.9. The first-order valence-electron chi connectivity index (χ1n) is 10.3. The molecule has 0 bridgehead atoms. The molecule has 0 aliphatic carbocycles. The van der Waals surface area contributed by atoms with E-state index in [4.69, 9.17) is 4.43 Å². The number of aromatic carboxylic acids is 1. The lowest BCUT2D eigenvalue weighted by Gasteiger charge is -2.42. The lowest BCUT2D eigenvalue weighted by atomic mass is 10.2. The lowest BCUT2D eigenvalue weighted by molar-refractivity contribution is 0.0699. The van der Waals surface area contributed by atoms with Gasteiger partial charge in [-0.3, -0.25) is 0 Å². The van der Waals surface area contributed by atoms with Crippen molar-refractivity contribution in [2.45, 2.75) is 32.4 Å². The summed E-state index contributed by atoms with van der Waals surface area (Å²) in [5.41, 5.74) is 1.34. The van der Waals surface area contributed by atoms with Crippen molar-refractivity contribution in [1.82, 2.24) is 9.97 Å². The van der Waals surface area contributed by atoms with Crippen molar-refractivity contribution in [3.63, 3.8) is 0 Å². The number of imidazole rings is 1. The predicted molar refractivity (Wildman–Crippen MR) is 125 cm³/mol. The fourth-order valence-corrected chi connectivity index (χ4v) is 8.77. The molecular formula is C25H26N2O3Si. The van der Waals surface area contributed by atoms with Crippen molar-refractivity contribution in [1.29, 1.82) is 0 Å². The zero-order valence-electron chi connectivity index (χ0n) is 17.9. The third kappa shape index (κ3) is 3.80. The Morgan fingerprint density at radius 3 is 2.03 bits per heavy atom. The van der Waals surface area contributed by atoms with Gasteiger partial charge < -0.3 is 14.5 Å². The Hall–Kier alpha value is -3.22. The number of rotatable bonds is 6. The van der Waals surface area contributed by atoms with E-state index in [-0.39, 0.29) is 17.2 Å². The van der Waals surface area contributed by atoms with Gasteiger partial charge in [0.05, 0.1) is 17.7 Å². The number of hydrogen-bond acceptors (Lipinski definition) is 3. The molecule has 0 saturated carbocycles. The summed E-state index contributed by atoms with van der Waals surface area (Å²) >= 11 is 0. The molecule has 4 aromatic rings. The van der Waals surface area contributed by atoms with Crippen LogP contribution in [0.4, 0.5) is 0 Å². The van der Waals surface area contributed by atoms with Crippen molar-refractivity contribution in [2.75, 3.05) is 0 Å². The Morgan fingerprint density at radius 1 is 0.935 bits per heavy atom. The van der Waals surface area contributed by atoms with Gasteiger partial charge in [0.1, 0.15) is 11.3 Å². The van der Waals surface area contributed by atoms with Crippen molar-refractivity contribution in [3.8, 4) is 0 Å². The molecule has 6 heteroatoms. The van der Waals surface area contributed by atoms with Crippen molar-refractivity contribution >= 4 is 35.7 Å². The second kappa shape index (κ2) is 8.13. The minimum atomic E-state index is -2.69. The number of carbonyl (C=O) groups is 1. The van der Waals surface area contributed by atoms with Crippen LogP contribution in [0.5, 0.6) is 0 Å². The van der Waals surface area contributed by atoms with Gasteiger partial charge in [0.25, 0.3) is 8.32 Å². The summed E-state index contributed by atoms with van der Waals surface area (Å²) in [5, 5.41) is 11.7. The summed E-state index contributed by atoms with van der Waals surface area (Å²) in [4.78, 5) is 19.4. The van der Waals surface area contributed by atoms with E-state index >= 15 is 0 Å². The maximum atomic E-state index is 11.6. The van der Waals surface area contributed by atoms with E-state index < -0.39 is 14.3 Å². The molecule has 0 aliphatic heterocycles. The van der Waals surface area contributed by atoms with Gasteiger partial charge in [-0.05, 0) is 27.5 Å². The summed E-state index contributed by atoms with van der Waals surface area (Å²) in [6.45, 7) is 6.93. The third-order valence-electron chi connectivity index (χ3n) is 5.63. The molecule has 0 amide bonds. The number of para-hydroxylation sites is 1. The largest absolute Gasteiger partial charge is 0.478 e. The van der Waals surface area contributed by atoms with Crippen molar-refractivity contribution in [3.05, 3.63) is 90.3 Å². The fourth-order valence-electron chi connectivity index (χ4n) is 4.26. The van der Waals surface area contributed by atoms with Crippen molar-refractivity contribution < 1.29 is 14.3 Å². The number of carboxylic acids is 1. The molecule has 158 valence electrons. The van der Waals surface area contributed by atoms with Crippen LogP contribution in [0.3, 0.4) is 0 Å². The van der Waals surface area contributed by atoms with Crippen LogP contribution < -0.4 is 10.4 Å². The van der Waals surface area contributed by atoms with Crippen LogP contribution in [0.25, 0.3) is 11.0 Å². The van der Waals surface area contributed by atoms with Crippen LogP contribution in [-0.2, 0) is 11.0 Å². The Kier molecular flexibility index (Phi) is 5.52. The normalized spacial score (nSPS) is 12.2. The molecule has 0 spiro atoms. The number of H-pyrrole nitrogens is 1. The third-order valence-corrected chi connectivity index (χ3v) is 10.6. The predicted octanol–water partition coefficient (Wildman–Crippen LogP) is 4.34. The first-order valence-corrected chi connectivity index (χ1v) is 12.2. The summed E-state index contributed by atoms with van der Waals surface area (Å²) in [7, 11) is -2.69. The van der Waals surface area contributed by atoms with Gasteiger partial charge in [0.15, 0.2) is 0 Å². The van der Waals surface area contributed by atoms with Crippen molar-refractivity contribution in [2.24, 2.45) is 0 Å². The number of fused-ring (bicyclic) bond motifs is 1. The van der Waals surface area contributed by atoms with Crippen LogP contribution in [0.1, 0.15) is 37.0 Å². The molecule has 0 saturated heterocycles. The number of carboxylic acid groups (broad SMARTS) is 1. The summed E-state index contributed by atoms with van der Waals surface area (Å²) in [6.07, 6.45) is 0. The van der Waals surface area contributed by atoms with Crippen LogP contribution in [-0.4, -0.2) is 29.4 Å². The smallest absolute Gasteiger partial charge is 0.337 e. The minimum Gasteiger partial charge on any atom is -0.478 e. The first-order chi connectivity index (χ1) is 14.8. The van der Waals surface area contributed by atoms with E-state index in [2.05, 4.69) is 79.3 Å². The maximum Gasteiger partial charge on any atom is 0.337 e. The number of aromatic amines is 1. The number of aromatic nitrogens is 2. The quantitative estimate of drug-likeness (QED) is 0.446. The standard InChI is InChI=1S/C25H26N2O3Si/c1-25(2,3)31(18-11-6-4-7-12-18,19-13-8-5-9-14-19)30-17-22-26-21-16-10-15-20(24(28)29)23(21)27-22/h4-16H,17H2,1-3H3,(H,26,27)(H,28,29). The highest BCUT2D eigenvalue weighted by atomic mass is 28.4. The minimum absolute atomic E-state index is 0.145. The number of nitrogens with one attached hydrogen (secondary N) is 1. The van der Waals surface area contributed by atoms with Gasteiger partial charge >= 0.3 is 5.97 Å². The molecule has 0 atom stereocenters. The highest BCUT2D eigenvalue weighted by molar-refractivity contribution is 6.99. The number of hydrogen-bond donors (Lipinski definition) is 2. The molecule has 0 radical (unpaired) electrons. The van der Waals surface area contributed by atoms with Gasteiger partial charge in [-0.2, -0.15) is 0 Å². The average molecular weight is 431 g/mol. The second-order valence-electron chi connectivity index (χ2n) is 8.64. The fraction of sp³-hybridized carbons (Fsp3) is 0.200. The Labute approximate surface area is 182 Å². The SMILES string of the molecule is CC(C)(C)[Si](OCc1nc2c(C(=O)O)cccc2[nH]1)(c1ccccc1)c1ccccc1. The van der Waals surface area contributed by atoms with E-state index in [1.807, 2.05) is 18.2 Å². The highest BCUT2D eigenvalue weighted by Crippen LogP contribution is 2.37. The summed E-state index contributed by atoms with van der Waals surface area (Å²) in [5.74, 6) is -0.367.